The summed E-state index contributed by atoms with van der Waals surface area (Å²) in [6.07, 6.45) is -2.10. The second-order valence-electron chi connectivity index (χ2n) is 7.74. The molecule has 0 saturated carbocycles. The van der Waals surface area contributed by atoms with E-state index in [1.165, 1.54) is 27.6 Å². The van der Waals surface area contributed by atoms with Crippen molar-refractivity contribution in [3.63, 3.8) is 0 Å². The van der Waals surface area contributed by atoms with Crippen LogP contribution in [-0.2, 0) is 28.5 Å². The molecule has 0 amide bonds. The number of anilines is 2. The Morgan fingerprint density at radius 1 is 1.03 bits per heavy atom. The first-order valence-corrected chi connectivity index (χ1v) is 12.5. The third-order valence-electron chi connectivity index (χ3n) is 5.14. The van der Waals surface area contributed by atoms with Crippen LogP contribution in [-0.4, -0.2) is 47.6 Å². The summed E-state index contributed by atoms with van der Waals surface area (Å²) in [4.78, 5) is 8.55. The van der Waals surface area contributed by atoms with Crippen LogP contribution < -0.4 is 19.5 Å². The van der Waals surface area contributed by atoms with Gasteiger partial charge in [0.1, 0.15) is 0 Å². The summed E-state index contributed by atoms with van der Waals surface area (Å²) in [6, 6.07) is 10.0. The van der Waals surface area contributed by atoms with Crippen LogP contribution in [0.15, 0.2) is 47.5 Å². The summed E-state index contributed by atoms with van der Waals surface area (Å²) < 4.78 is 69.1. The summed E-state index contributed by atoms with van der Waals surface area (Å²) in [7, 11) is 1.93. The monoisotopic (exact) mass is 509 g/mol. The first kappa shape index (κ1) is 26.1. The van der Waals surface area contributed by atoms with Gasteiger partial charge >= 0.3 is 6.18 Å². The van der Waals surface area contributed by atoms with Crippen molar-refractivity contribution in [1.82, 2.24) is 9.97 Å². The van der Waals surface area contributed by atoms with Gasteiger partial charge in [-0.15, -0.1) is 0 Å². The molecular formula is C24H26F3N3O4S. The summed E-state index contributed by atoms with van der Waals surface area (Å²) in [5, 5.41) is 2.90. The molecule has 1 unspecified atom stereocenters. The summed E-state index contributed by atoms with van der Waals surface area (Å²) in [6.45, 7) is 0. The molecule has 0 aliphatic rings. The normalized spacial score (nSPS) is 13.1. The molecule has 0 saturated heterocycles. The topological polar surface area (TPSA) is 82.6 Å². The van der Waals surface area contributed by atoms with Gasteiger partial charge in [-0.2, -0.15) is 13.2 Å². The van der Waals surface area contributed by atoms with Crippen LogP contribution in [0, 0.1) is 0 Å². The van der Waals surface area contributed by atoms with E-state index in [0.29, 0.717) is 27.8 Å². The SMILES string of the molecule is C=S(C)(=O)c1cccc(CCc2nc(Nc3cc(OC)c(OC)c(OC)c3)ncc2C(F)(F)F)c1. The average molecular weight is 510 g/mol. The number of halogens is 3. The molecule has 1 N–H and O–H groups in total. The predicted octanol–water partition coefficient (Wildman–Crippen LogP) is 4.76. The Balaban J connectivity index is 1.93. The third kappa shape index (κ3) is 6.36. The van der Waals surface area contributed by atoms with E-state index in [9.17, 15) is 17.4 Å². The van der Waals surface area contributed by atoms with Crippen molar-refractivity contribution in [1.29, 1.82) is 0 Å². The van der Waals surface area contributed by atoms with Gasteiger partial charge < -0.3 is 19.5 Å². The first-order chi connectivity index (χ1) is 16.5. The number of alkyl halides is 3. The highest BCUT2D eigenvalue weighted by Gasteiger charge is 2.34. The number of aromatic nitrogens is 2. The molecule has 0 spiro atoms. The van der Waals surface area contributed by atoms with E-state index < -0.39 is 21.3 Å². The zero-order valence-corrected chi connectivity index (χ0v) is 20.5. The number of aryl methyl sites for hydroxylation is 2. The number of ether oxygens (including phenoxy) is 3. The number of nitrogens with zero attached hydrogens (tertiary/aromatic N) is 2. The molecule has 0 radical (unpaired) electrons. The lowest BCUT2D eigenvalue weighted by Crippen LogP contribution is -2.14. The van der Waals surface area contributed by atoms with Crippen LogP contribution >= 0.6 is 0 Å². The molecule has 7 nitrogen and oxygen atoms in total. The molecule has 0 fully saturated rings. The first-order valence-electron chi connectivity index (χ1n) is 10.4. The lowest BCUT2D eigenvalue weighted by Gasteiger charge is -2.16. The molecule has 1 atom stereocenters. The number of benzene rings is 2. The minimum atomic E-state index is -4.62. The van der Waals surface area contributed by atoms with Gasteiger partial charge in [0.15, 0.2) is 11.5 Å². The summed E-state index contributed by atoms with van der Waals surface area (Å²) in [5.41, 5.74) is 0.0814. The van der Waals surface area contributed by atoms with Crippen molar-refractivity contribution in [2.24, 2.45) is 0 Å². The Labute approximate surface area is 202 Å². The number of nitrogens with one attached hydrogen (secondary N) is 1. The molecule has 0 aliphatic heterocycles. The summed E-state index contributed by atoms with van der Waals surface area (Å²) >= 11 is 0. The Bertz CT molecular complexity index is 1290. The average Bonchev–Trinajstić information content (AvgIpc) is 2.81. The molecule has 188 valence electrons. The van der Waals surface area contributed by atoms with Crippen molar-refractivity contribution in [2.45, 2.75) is 23.9 Å². The largest absolute Gasteiger partial charge is 0.493 e. The highest BCUT2D eigenvalue weighted by Crippen LogP contribution is 2.40. The van der Waals surface area contributed by atoms with Crippen molar-refractivity contribution in [2.75, 3.05) is 32.9 Å². The second kappa shape index (κ2) is 10.4. The molecule has 0 aliphatic carbocycles. The molecular weight excluding hydrogens is 483 g/mol. The quantitative estimate of drug-likeness (QED) is 0.417. The molecule has 3 aromatic rings. The van der Waals surface area contributed by atoms with E-state index in [1.807, 2.05) is 0 Å². The Morgan fingerprint density at radius 2 is 1.69 bits per heavy atom. The second-order valence-corrected chi connectivity index (χ2v) is 10.2. The maximum atomic E-state index is 13.6. The fraction of sp³-hybridized carbons (Fsp3) is 0.292. The zero-order chi connectivity index (χ0) is 25.8. The van der Waals surface area contributed by atoms with Crippen LogP contribution in [0.1, 0.15) is 16.8 Å². The lowest BCUT2D eigenvalue weighted by atomic mass is 10.1. The van der Waals surface area contributed by atoms with Crippen molar-refractivity contribution < 1.29 is 31.6 Å². The van der Waals surface area contributed by atoms with Crippen molar-refractivity contribution >= 4 is 27.0 Å². The molecule has 11 heteroatoms. The van der Waals surface area contributed by atoms with E-state index in [2.05, 4.69) is 21.2 Å². The predicted molar refractivity (Wildman–Crippen MR) is 130 cm³/mol. The summed E-state index contributed by atoms with van der Waals surface area (Å²) in [5.74, 6) is 4.73. The molecule has 35 heavy (non-hydrogen) atoms. The molecule has 0 bridgehead atoms. The molecule has 2 aromatic carbocycles. The Morgan fingerprint density at radius 3 is 2.23 bits per heavy atom. The van der Waals surface area contributed by atoms with Gasteiger partial charge in [-0.25, -0.2) is 9.97 Å². The van der Waals surface area contributed by atoms with E-state index in [-0.39, 0.29) is 24.5 Å². The van der Waals surface area contributed by atoms with Crippen LogP contribution in [0.2, 0.25) is 0 Å². The van der Waals surface area contributed by atoms with E-state index in [0.717, 1.165) is 11.8 Å². The lowest BCUT2D eigenvalue weighted by molar-refractivity contribution is -0.138. The minimum Gasteiger partial charge on any atom is -0.493 e. The van der Waals surface area contributed by atoms with Crippen LogP contribution in [0.4, 0.5) is 24.8 Å². The minimum absolute atomic E-state index is 0.00714. The van der Waals surface area contributed by atoms with Crippen LogP contribution in [0.3, 0.4) is 0 Å². The fourth-order valence-corrected chi connectivity index (χ4v) is 4.19. The van der Waals surface area contributed by atoms with Gasteiger partial charge in [-0.1, -0.05) is 12.1 Å². The number of hydrogen-bond donors (Lipinski definition) is 1. The third-order valence-corrected chi connectivity index (χ3v) is 6.39. The maximum Gasteiger partial charge on any atom is 0.419 e. The van der Waals surface area contributed by atoms with Crippen molar-refractivity contribution in [3.05, 3.63) is 59.4 Å². The van der Waals surface area contributed by atoms with Gasteiger partial charge in [0.2, 0.25) is 11.7 Å². The van der Waals surface area contributed by atoms with Crippen LogP contribution in [0.25, 0.3) is 0 Å². The number of rotatable bonds is 9. The Kier molecular flexibility index (Phi) is 7.79. The molecule has 3 rings (SSSR count). The smallest absolute Gasteiger partial charge is 0.419 e. The standard InChI is InChI=1S/C24H26F3N3O4S/c1-32-20-12-16(13-21(33-2)22(20)34-3)29-23-28-14-18(24(25,26)27)19(30-23)10-9-15-7-6-8-17(11-15)35(4,5)31/h6-8,11-14H,4,9-10H2,1-3,5H3,(H,28,29,30). The van der Waals surface area contributed by atoms with Gasteiger partial charge in [0.25, 0.3) is 0 Å². The van der Waals surface area contributed by atoms with Gasteiger partial charge in [-0.05, 0) is 45.9 Å². The van der Waals surface area contributed by atoms with E-state index in [1.54, 1.807) is 36.4 Å². The van der Waals surface area contributed by atoms with Crippen molar-refractivity contribution in [3.8, 4) is 17.2 Å². The molecule has 1 aromatic heterocycles. The number of hydrogen-bond acceptors (Lipinski definition) is 7. The Hall–Kier alpha value is -3.47. The fourth-order valence-electron chi connectivity index (χ4n) is 3.42. The highest BCUT2D eigenvalue weighted by atomic mass is 32.2. The van der Waals surface area contributed by atoms with Gasteiger partial charge in [0.05, 0.1) is 32.6 Å². The maximum absolute atomic E-state index is 13.6. The number of methoxy groups -OCH3 is 3. The van der Waals surface area contributed by atoms with E-state index >= 15 is 0 Å². The molecule has 1 heterocycles. The van der Waals surface area contributed by atoms with Crippen LogP contribution in [0.5, 0.6) is 17.2 Å². The van der Waals surface area contributed by atoms with Gasteiger partial charge in [-0.3, -0.25) is 4.21 Å². The van der Waals surface area contributed by atoms with E-state index in [4.69, 9.17) is 14.2 Å². The highest BCUT2D eigenvalue weighted by molar-refractivity contribution is 7.99. The van der Waals surface area contributed by atoms with Gasteiger partial charge in [0, 0.05) is 35.2 Å². The zero-order valence-electron chi connectivity index (χ0n) is 19.7.